The molecule has 3 heterocycles. The number of cyclic esters (lactones) is 1. The standard InChI is InChI=1S/C54H85N3O19P2/c1-3-5-7-8-9-10-11-12-13-14-15-16-17-18-19-20-21-22-27-31-48(60)70-38-42-39-71-77(66,67)76-78(68,69)72-40-46-52(64)51(63)45(34-33-41(58)29-25-6-4-2)74-50(62)37-44(59)43(30-26-23-24-28-32-49(61)73-42)53(75-46)57-36-35-47(55)56-54(57)65/h9-10,12-13,15-16,18-19,21-23,26,33-36,41-46,50-53,58-59,62-64H,3-8,11,14,17,20,24-25,27-32,37-40H2,1-2H3,(H,66,67)(H,68,69)(H2,55,56,65)/b10-9-,13-12-,16-15-,19-18-,22-21-,26-23?,34-33+/t41-,42+,43-,44-,45+,46+,50?,51-,52+,53+/m0/s1. The Balaban J connectivity index is 1.75. The van der Waals surface area contributed by atoms with Crippen molar-refractivity contribution in [2.45, 2.75) is 191 Å². The van der Waals surface area contributed by atoms with Crippen LogP contribution in [0.4, 0.5) is 5.82 Å². The SMILES string of the molecule is CCCCC/C=C\C/C=C\C/C=C\C/C=C\C/C=C\CCC(=O)OC[C@@H]1COP(=O)(O)OP(=O)(O)OC[C@H]2O[C@@H](n3ccc(N)nc3=O)[C@@H](CC=CCCCC(=O)O1)[C@@H](O)CC(O)O[C@H](/C=C/[C@@H](O)CCCCC)[C@H](O)[C@@H]2O. The summed E-state index contributed by atoms with van der Waals surface area (Å²) in [4.78, 5) is 64.2. The Bertz CT molecular complexity index is 2270. The van der Waals surface area contributed by atoms with Gasteiger partial charge in [-0.15, -0.1) is 0 Å². The van der Waals surface area contributed by atoms with Crippen molar-refractivity contribution in [3.05, 3.63) is 108 Å². The van der Waals surface area contributed by atoms with Crippen molar-refractivity contribution in [2.75, 3.05) is 25.6 Å². The number of esters is 2. The number of carbonyl (C=O) groups excluding carboxylic acids is 2. The van der Waals surface area contributed by atoms with Crippen LogP contribution in [-0.2, 0) is 51.0 Å². The summed E-state index contributed by atoms with van der Waals surface area (Å²) in [6.07, 6.45) is 22.4. The average Bonchev–Trinajstić information content (AvgIpc) is 3.41. The van der Waals surface area contributed by atoms with Gasteiger partial charge in [0.25, 0.3) is 0 Å². The molecule has 3 rings (SSSR count). The number of hydrogen-bond donors (Lipinski definition) is 8. The van der Waals surface area contributed by atoms with Gasteiger partial charge in [-0.1, -0.05) is 131 Å². The van der Waals surface area contributed by atoms with Crippen LogP contribution in [0.25, 0.3) is 0 Å². The highest BCUT2D eigenvalue weighted by atomic mass is 31.3. The molecule has 0 saturated carbocycles. The number of aliphatic hydroxyl groups is 5. The first-order valence-corrected chi connectivity index (χ1v) is 30.0. The molecule has 2 aliphatic heterocycles. The van der Waals surface area contributed by atoms with Gasteiger partial charge in [-0.2, -0.15) is 9.29 Å². The van der Waals surface area contributed by atoms with E-state index in [9.17, 15) is 58.8 Å². The van der Waals surface area contributed by atoms with Crippen molar-refractivity contribution in [3.63, 3.8) is 0 Å². The topological polar surface area (TPSA) is 335 Å². The van der Waals surface area contributed by atoms with Gasteiger partial charge in [0.05, 0.1) is 25.4 Å². The van der Waals surface area contributed by atoms with Crippen molar-refractivity contribution >= 4 is 33.4 Å². The molecule has 78 heavy (non-hydrogen) atoms. The molecule has 1 saturated heterocycles. The van der Waals surface area contributed by atoms with Gasteiger partial charge >= 0.3 is 33.3 Å². The van der Waals surface area contributed by atoms with E-state index in [2.05, 4.69) is 52.7 Å². The number of rotatable bonds is 24. The summed E-state index contributed by atoms with van der Waals surface area (Å²) in [5.74, 6) is -2.96. The fourth-order valence-electron chi connectivity index (χ4n) is 7.97. The van der Waals surface area contributed by atoms with Crippen LogP contribution in [0.5, 0.6) is 0 Å². The number of phosphoric ester groups is 2. The summed E-state index contributed by atoms with van der Waals surface area (Å²) in [5.41, 5.74) is 4.75. The van der Waals surface area contributed by atoms with E-state index in [1.807, 2.05) is 25.2 Å². The minimum atomic E-state index is -5.75. The molecule has 1 aromatic heterocycles. The number of aromatic nitrogens is 2. The molecule has 440 valence electrons. The van der Waals surface area contributed by atoms with Crippen LogP contribution in [-0.4, -0.2) is 126 Å². The molecule has 2 bridgehead atoms. The molecule has 1 aromatic rings. The molecule has 12 atom stereocenters. The van der Waals surface area contributed by atoms with E-state index in [-0.39, 0.29) is 37.9 Å². The van der Waals surface area contributed by atoms with Gasteiger partial charge in [0.2, 0.25) is 0 Å². The first-order valence-electron chi connectivity index (χ1n) is 27.0. The number of nitrogen functional groups attached to an aromatic ring is 1. The van der Waals surface area contributed by atoms with Gasteiger partial charge in [-0.3, -0.25) is 23.2 Å². The number of nitrogens with two attached hydrogens (primary N) is 1. The Morgan fingerprint density at radius 1 is 0.833 bits per heavy atom. The van der Waals surface area contributed by atoms with Gasteiger partial charge in [-0.25, -0.2) is 13.9 Å². The van der Waals surface area contributed by atoms with Crippen LogP contribution in [0.15, 0.2) is 102 Å². The first-order chi connectivity index (χ1) is 37.3. The maximum Gasteiger partial charge on any atom is 0.481 e. The third kappa shape index (κ3) is 28.8. The second kappa shape index (κ2) is 38.4. The van der Waals surface area contributed by atoms with Crippen LogP contribution in [0.3, 0.4) is 0 Å². The van der Waals surface area contributed by atoms with Gasteiger partial charge < -0.3 is 60.0 Å². The quantitative estimate of drug-likeness (QED) is 0.0214. The smallest absolute Gasteiger partial charge is 0.462 e. The fourth-order valence-corrected chi connectivity index (χ4v) is 10.1. The lowest BCUT2D eigenvalue weighted by atomic mass is 9.92. The number of unbranched alkanes of at least 4 members (excludes halogenated alkanes) is 5. The summed E-state index contributed by atoms with van der Waals surface area (Å²) >= 11 is 0. The Morgan fingerprint density at radius 2 is 1.45 bits per heavy atom. The zero-order valence-corrected chi connectivity index (χ0v) is 46.8. The molecule has 1 fully saturated rings. The largest absolute Gasteiger partial charge is 0.481 e. The van der Waals surface area contributed by atoms with Gasteiger partial charge in [-0.05, 0) is 76.7 Å². The number of anilines is 1. The Morgan fingerprint density at radius 3 is 2.09 bits per heavy atom. The van der Waals surface area contributed by atoms with E-state index < -0.39 is 121 Å². The molecule has 24 heteroatoms. The van der Waals surface area contributed by atoms with E-state index in [0.29, 0.717) is 25.7 Å². The molecule has 0 radical (unpaired) electrons. The predicted octanol–water partition coefficient (Wildman–Crippen LogP) is 7.55. The highest BCUT2D eigenvalue weighted by Crippen LogP contribution is 2.60. The Hall–Kier alpha value is -4.22. The lowest BCUT2D eigenvalue weighted by molar-refractivity contribution is -0.192. The van der Waals surface area contributed by atoms with Crippen LogP contribution < -0.4 is 11.4 Å². The molecular weight excluding hydrogens is 1060 g/mol. The highest BCUT2D eigenvalue weighted by molar-refractivity contribution is 7.61. The molecule has 3 unspecified atom stereocenters. The molecule has 2 aliphatic rings. The van der Waals surface area contributed by atoms with E-state index in [0.717, 1.165) is 49.3 Å². The van der Waals surface area contributed by atoms with E-state index in [1.165, 1.54) is 37.5 Å². The number of ether oxygens (including phenoxy) is 4. The minimum absolute atomic E-state index is 0.0541. The predicted molar refractivity (Wildman–Crippen MR) is 292 cm³/mol. The van der Waals surface area contributed by atoms with Crippen LogP contribution in [0.2, 0.25) is 0 Å². The lowest BCUT2D eigenvalue weighted by Gasteiger charge is -2.36. The number of nitrogens with zero attached hydrogens (tertiary/aromatic N) is 2. The Kier molecular flexibility index (Phi) is 33.5. The zero-order valence-electron chi connectivity index (χ0n) is 45.0. The van der Waals surface area contributed by atoms with Crippen LogP contribution in [0.1, 0.15) is 142 Å². The molecular formula is C54H85N3O19P2. The Labute approximate surface area is 458 Å². The number of carbonyl (C=O) groups is 2. The van der Waals surface area contributed by atoms with E-state index >= 15 is 0 Å². The zero-order chi connectivity index (χ0) is 57.2. The molecule has 22 nitrogen and oxygen atoms in total. The highest BCUT2D eigenvalue weighted by Gasteiger charge is 2.44. The summed E-state index contributed by atoms with van der Waals surface area (Å²) < 4.78 is 64.6. The average molecular weight is 1140 g/mol. The molecule has 0 aliphatic carbocycles. The maximum absolute atomic E-state index is 13.4. The third-order valence-electron chi connectivity index (χ3n) is 12.2. The van der Waals surface area contributed by atoms with Crippen molar-refractivity contribution in [1.82, 2.24) is 9.55 Å². The van der Waals surface area contributed by atoms with Gasteiger partial charge in [0.15, 0.2) is 12.4 Å². The number of hydrogen-bond acceptors (Lipinski definition) is 19. The monoisotopic (exact) mass is 1140 g/mol. The minimum Gasteiger partial charge on any atom is -0.462 e. The number of allylic oxidation sites excluding steroid dienone is 12. The number of aliphatic hydroxyl groups excluding tert-OH is 5. The normalized spacial score (nSPS) is 29.4. The summed E-state index contributed by atoms with van der Waals surface area (Å²) in [6, 6.07) is 1.22. The van der Waals surface area contributed by atoms with Crippen molar-refractivity contribution in [2.24, 2.45) is 5.92 Å². The van der Waals surface area contributed by atoms with E-state index in [4.69, 9.17) is 33.7 Å². The van der Waals surface area contributed by atoms with Crippen molar-refractivity contribution in [3.8, 4) is 0 Å². The summed E-state index contributed by atoms with van der Waals surface area (Å²) in [6.45, 7) is 1.33. The van der Waals surface area contributed by atoms with Crippen molar-refractivity contribution < 1.29 is 86.3 Å². The fraction of sp³-hybridized carbons (Fsp3) is 0.630. The van der Waals surface area contributed by atoms with Gasteiger partial charge in [0, 0.05) is 31.4 Å². The molecule has 0 aromatic carbocycles. The summed E-state index contributed by atoms with van der Waals surface area (Å²) in [7, 11) is -11.4. The van der Waals surface area contributed by atoms with Crippen LogP contribution in [0, 0.1) is 5.92 Å². The second-order valence-corrected chi connectivity index (χ2v) is 21.9. The molecule has 9 N–H and O–H groups in total. The maximum atomic E-state index is 13.4. The van der Waals surface area contributed by atoms with E-state index in [1.54, 1.807) is 18.2 Å². The number of fused-ring (bicyclic) bond motifs is 3. The van der Waals surface area contributed by atoms with Crippen molar-refractivity contribution in [1.29, 1.82) is 0 Å². The summed E-state index contributed by atoms with van der Waals surface area (Å²) in [5, 5.41) is 56.8. The molecule has 0 amide bonds. The number of phosphoric acid groups is 2. The first kappa shape index (κ1) is 68.1. The second-order valence-electron chi connectivity index (χ2n) is 18.9. The van der Waals surface area contributed by atoms with Crippen LogP contribution >= 0.6 is 15.6 Å². The lowest BCUT2D eigenvalue weighted by Crippen LogP contribution is -2.49. The molecule has 0 spiro atoms. The van der Waals surface area contributed by atoms with Gasteiger partial charge in [0.1, 0.15) is 43.1 Å². The third-order valence-corrected chi connectivity index (χ3v) is 14.9.